The van der Waals surface area contributed by atoms with Gasteiger partial charge in [0.1, 0.15) is 0 Å². The molecular formula is C33H40N4O2S2. The van der Waals surface area contributed by atoms with Crippen LogP contribution >= 0.6 is 22.7 Å². The van der Waals surface area contributed by atoms with Crippen LogP contribution in [0, 0.1) is 0 Å². The summed E-state index contributed by atoms with van der Waals surface area (Å²) in [7, 11) is 0. The fraction of sp³-hybridized carbons (Fsp3) is 0.394. The van der Waals surface area contributed by atoms with Crippen LogP contribution in [0.25, 0.3) is 11.1 Å². The summed E-state index contributed by atoms with van der Waals surface area (Å²) in [6.45, 7) is 18.4. The minimum atomic E-state index is -0.784. The summed E-state index contributed by atoms with van der Waals surface area (Å²) in [6, 6.07) is 16.0. The van der Waals surface area contributed by atoms with Gasteiger partial charge in [0.15, 0.2) is 10.3 Å². The topological polar surface area (TPSA) is 84.0 Å². The first-order chi connectivity index (χ1) is 19.1. The van der Waals surface area contributed by atoms with Gasteiger partial charge in [-0.05, 0) is 43.0 Å². The lowest BCUT2D eigenvalue weighted by atomic mass is 9.82. The summed E-state index contributed by atoms with van der Waals surface area (Å²) >= 11 is 2.89. The molecular weight excluding hydrogens is 549 g/mol. The van der Waals surface area contributed by atoms with E-state index in [4.69, 9.17) is 0 Å². The first-order valence-corrected chi connectivity index (χ1v) is 15.6. The van der Waals surface area contributed by atoms with E-state index in [2.05, 4.69) is 68.2 Å². The molecule has 0 fully saturated rings. The number of benzene rings is 2. The lowest BCUT2D eigenvalue weighted by molar-refractivity contribution is -0.120. The molecule has 0 aliphatic carbocycles. The average Bonchev–Trinajstić information content (AvgIpc) is 3.58. The lowest BCUT2D eigenvalue weighted by Crippen LogP contribution is -2.34. The second kappa shape index (κ2) is 11.5. The van der Waals surface area contributed by atoms with E-state index in [1.54, 1.807) is 0 Å². The van der Waals surface area contributed by atoms with Crippen LogP contribution < -0.4 is 10.6 Å². The van der Waals surface area contributed by atoms with Crippen molar-refractivity contribution in [1.29, 1.82) is 0 Å². The Bertz CT molecular complexity index is 1550. The fourth-order valence-corrected chi connectivity index (χ4v) is 6.05. The molecule has 8 heteroatoms. The molecule has 41 heavy (non-hydrogen) atoms. The standard InChI is InChI=1S/C33H40N4O2S2/c1-20(27(38)36-29-34-25(18-40-29)31(2,3)4)21-12-10-13-22(16-21)23-14-11-15-24(17-23)33(8,9)28(39)37-30-35-26(19-41-30)32(5,6)7/h10-20H,1-9H3,(H,34,36,38)(H,35,37,39)/t20-/m1/s1. The molecule has 0 unspecified atom stereocenters. The van der Waals surface area contributed by atoms with Gasteiger partial charge in [-0.1, -0.05) is 90.1 Å². The number of nitrogens with one attached hydrogen (secondary N) is 2. The van der Waals surface area contributed by atoms with E-state index in [1.165, 1.54) is 22.7 Å². The van der Waals surface area contributed by atoms with E-state index in [1.807, 2.05) is 74.0 Å². The number of carbonyl (C=O) groups excluding carboxylic acids is 2. The van der Waals surface area contributed by atoms with Crippen molar-refractivity contribution in [2.24, 2.45) is 0 Å². The third kappa shape index (κ3) is 7.11. The number of aromatic nitrogens is 2. The maximum absolute atomic E-state index is 13.4. The minimum Gasteiger partial charge on any atom is -0.301 e. The van der Waals surface area contributed by atoms with Crippen molar-refractivity contribution in [3.63, 3.8) is 0 Å². The van der Waals surface area contributed by atoms with Crippen LogP contribution in [0.5, 0.6) is 0 Å². The molecule has 0 saturated heterocycles. The number of thiazole rings is 2. The highest BCUT2D eigenvalue weighted by Crippen LogP contribution is 2.33. The van der Waals surface area contributed by atoms with Crippen molar-refractivity contribution in [2.45, 2.75) is 84.5 Å². The Labute approximate surface area is 251 Å². The summed E-state index contributed by atoms with van der Waals surface area (Å²) in [4.78, 5) is 35.7. The van der Waals surface area contributed by atoms with Crippen LogP contribution in [0.15, 0.2) is 59.3 Å². The second-order valence-corrected chi connectivity index (χ2v) is 14.8. The number of nitrogens with zero attached hydrogens (tertiary/aromatic N) is 2. The third-order valence-electron chi connectivity index (χ3n) is 7.26. The van der Waals surface area contributed by atoms with Gasteiger partial charge in [-0.25, -0.2) is 9.97 Å². The molecule has 0 bridgehead atoms. The van der Waals surface area contributed by atoms with E-state index < -0.39 is 5.41 Å². The highest BCUT2D eigenvalue weighted by Gasteiger charge is 2.31. The van der Waals surface area contributed by atoms with Gasteiger partial charge in [0, 0.05) is 21.6 Å². The Balaban J connectivity index is 1.51. The fourth-order valence-electron chi connectivity index (χ4n) is 4.18. The summed E-state index contributed by atoms with van der Waals surface area (Å²) in [5.41, 5.74) is 4.77. The number of rotatable bonds is 7. The van der Waals surface area contributed by atoms with Gasteiger partial charge in [-0.15, -0.1) is 22.7 Å². The van der Waals surface area contributed by atoms with Crippen molar-refractivity contribution < 1.29 is 9.59 Å². The quantitative estimate of drug-likeness (QED) is 0.227. The molecule has 216 valence electrons. The lowest BCUT2D eigenvalue weighted by Gasteiger charge is -2.24. The molecule has 0 saturated carbocycles. The Morgan fingerprint density at radius 1 is 0.732 bits per heavy atom. The van der Waals surface area contributed by atoms with Crippen molar-refractivity contribution >= 4 is 44.8 Å². The van der Waals surface area contributed by atoms with Crippen LogP contribution in [0.4, 0.5) is 10.3 Å². The summed E-state index contributed by atoms with van der Waals surface area (Å²) in [5, 5.41) is 11.2. The maximum atomic E-state index is 13.4. The molecule has 0 aliphatic heterocycles. The predicted molar refractivity (Wildman–Crippen MR) is 172 cm³/mol. The zero-order valence-corrected chi connectivity index (χ0v) is 27.0. The van der Waals surface area contributed by atoms with Gasteiger partial charge in [0.2, 0.25) is 11.8 Å². The summed E-state index contributed by atoms with van der Waals surface area (Å²) in [5.74, 6) is -0.570. The molecule has 2 heterocycles. The minimum absolute atomic E-state index is 0.0696. The molecule has 2 aromatic heterocycles. The first-order valence-electron chi connectivity index (χ1n) is 13.8. The third-order valence-corrected chi connectivity index (χ3v) is 8.78. The van der Waals surface area contributed by atoms with Crippen molar-refractivity contribution in [3.05, 3.63) is 81.8 Å². The number of hydrogen-bond acceptors (Lipinski definition) is 6. The predicted octanol–water partition coefficient (Wildman–Crippen LogP) is 8.52. The number of carbonyl (C=O) groups is 2. The molecule has 1 atom stereocenters. The highest BCUT2D eigenvalue weighted by molar-refractivity contribution is 7.14. The van der Waals surface area contributed by atoms with Gasteiger partial charge < -0.3 is 10.6 Å². The zero-order valence-electron chi connectivity index (χ0n) is 25.4. The summed E-state index contributed by atoms with van der Waals surface area (Å²) in [6.07, 6.45) is 0. The van der Waals surface area contributed by atoms with Crippen LogP contribution in [0.1, 0.15) is 90.7 Å². The molecule has 4 rings (SSSR count). The van der Waals surface area contributed by atoms with Gasteiger partial charge >= 0.3 is 0 Å². The molecule has 6 nitrogen and oxygen atoms in total. The van der Waals surface area contributed by atoms with Gasteiger partial charge in [0.05, 0.1) is 22.7 Å². The van der Waals surface area contributed by atoms with E-state index in [0.717, 1.165) is 33.6 Å². The van der Waals surface area contributed by atoms with Gasteiger partial charge in [0.25, 0.3) is 0 Å². The van der Waals surface area contributed by atoms with Gasteiger partial charge in [-0.2, -0.15) is 0 Å². The van der Waals surface area contributed by atoms with E-state index in [0.29, 0.717) is 10.3 Å². The van der Waals surface area contributed by atoms with Gasteiger partial charge in [-0.3, -0.25) is 9.59 Å². The van der Waals surface area contributed by atoms with Crippen LogP contribution in [0.3, 0.4) is 0 Å². The Morgan fingerprint density at radius 3 is 1.78 bits per heavy atom. The molecule has 4 aromatic rings. The monoisotopic (exact) mass is 588 g/mol. The largest absolute Gasteiger partial charge is 0.301 e. The Kier molecular flexibility index (Phi) is 8.58. The van der Waals surface area contributed by atoms with Crippen LogP contribution in [-0.2, 0) is 25.8 Å². The normalized spacial score (nSPS) is 13.1. The van der Waals surface area contributed by atoms with Crippen molar-refractivity contribution in [3.8, 4) is 11.1 Å². The molecule has 0 spiro atoms. The highest BCUT2D eigenvalue weighted by atomic mass is 32.1. The van der Waals surface area contributed by atoms with Crippen LogP contribution in [0.2, 0.25) is 0 Å². The zero-order chi connectivity index (χ0) is 30.2. The molecule has 2 N–H and O–H groups in total. The van der Waals surface area contributed by atoms with Crippen molar-refractivity contribution in [1.82, 2.24) is 9.97 Å². The first kappa shape index (κ1) is 30.6. The van der Waals surface area contributed by atoms with E-state index in [-0.39, 0.29) is 28.6 Å². The van der Waals surface area contributed by atoms with E-state index >= 15 is 0 Å². The Morgan fingerprint density at radius 2 is 1.24 bits per heavy atom. The molecule has 2 aromatic carbocycles. The molecule has 0 aliphatic rings. The van der Waals surface area contributed by atoms with Crippen LogP contribution in [-0.4, -0.2) is 21.8 Å². The number of amides is 2. The number of anilines is 2. The molecule has 0 radical (unpaired) electrons. The maximum Gasteiger partial charge on any atom is 0.236 e. The second-order valence-electron chi connectivity index (χ2n) is 13.1. The van der Waals surface area contributed by atoms with E-state index in [9.17, 15) is 9.59 Å². The average molecular weight is 589 g/mol. The SMILES string of the molecule is C[C@@H](C(=O)Nc1nc(C(C)(C)C)cs1)c1cccc(-c2cccc(C(C)(C)C(=O)Nc3nc(C(C)(C)C)cs3)c2)c1. The Hall–Kier alpha value is -3.36. The summed E-state index contributed by atoms with van der Waals surface area (Å²) < 4.78 is 0. The molecule has 2 amide bonds. The van der Waals surface area contributed by atoms with Crippen molar-refractivity contribution in [2.75, 3.05) is 10.6 Å². The number of hydrogen-bond donors (Lipinski definition) is 2. The smallest absolute Gasteiger partial charge is 0.236 e.